The Morgan fingerprint density at radius 3 is 2.32 bits per heavy atom. The molecule has 0 aliphatic carbocycles. The fourth-order valence-corrected chi connectivity index (χ4v) is 3.80. The van der Waals surface area contributed by atoms with Gasteiger partial charge in [-0.2, -0.15) is 0 Å². The molecule has 0 heterocycles. The first kappa shape index (κ1) is 14.9. The van der Waals surface area contributed by atoms with E-state index in [0.29, 0.717) is 0 Å². The zero-order chi connectivity index (χ0) is 13.8. The van der Waals surface area contributed by atoms with E-state index in [1.807, 2.05) is 12.1 Å². The van der Waals surface area contributed by atoms with Crippen LogP contribution in [0, 0.1) is 0 Å². The molecule has 1 unspecified atom stereocenters. The van der Waals surface area contributed by atoms with E-state index in [1.54, 1.807) is 18.9 Å². The van der Waals surface area contributed by atoms with Gasteiger partial charge in [0.25, 0.3) is 0 Å². The summed E-state index contributed by atoms with van der Waals surface area (Å²) in [5, 5.41) is 0. The molecular formula is C15H14Br2OS. The van der Waals surface area contributed by atoms with E-state index in [9.17, 15) is 0 Å². The van der Waals surface area contributed by atoms with Crippen LogP contribution in [0.3, 0.4) is 0 Å². The van der Waals surface area contributed by atoms with E-state index in [4.69, 9.17) is 4.74 Å². The molecule has 0 radical (unpaired) electrons. The summed E-state index contributed by atoms with van der Waals surface area (Å²) < 4.78 is 6.26. The number of ether oxygens (including phenoxy) is 1. The number of rotatable bonds is 4. The highest BCUT2D eigenvalue weighted by atomic mass is 79.9. The Labute approximate surface area is 135 Å². The number of benzene rings is 2. The molecule has 0 fully saturated rings. The number of hydrogen-bond donors (Lipinski definition) is 0. The molecule has 0 aliphatic heterocycles. The van der Waals surface area contributed by atoms with Gasteiger partial charge >= 0.3 is 0 Å². The summed E-state index contributed by atoms with van der Waals surface area (Å²) >= 11 is 9.11. The zero-order valence-corrected chi connectivity index (χ0v) is 14.7. The molecule has 2 rings (SSSR count). The minimum absolute atomic E-state index is 0.170. The molecular weight excluding hydrogens is 388 g/mol. The van der Waals surface area contributed by atoms with Crippen molar-refractivity contribution < 1.29 is 4.74 Å². The highest BCUT2D eigenvalue weighted by molar-refractivity contribution is 9.11. The summed E-state index contributed by atoms with van der Waals surface area (Å²) in [5.74, 6) is 0.855. The molecule has 0 N–H and O–H groups in total. The molecule has 19 heavy (non-hydrogen) atoms. The van der Waals surface area contributed by atoms with Crippen LogP contribution in [0.2, 0.25) is 0 Å². The molecule has 0 bridgehead atoms. The van der Waals surface area contributed by atoms with Crippen LogP contribution in [0.4, 0.5) is 0 Å². The number of hydrogen-bond acceptors (Lipinski definition) is 2. The van der Waals surface area contributed by atoms with E-state index in [-0.39, 0.29) is 4.83 Å². The van der Waals surface area contributed by atoms with E-state index in [0.717, 1.165) is 10.2 Å². The highest BCUT2D eigenvalue weighted by Gasteiger charge is 2.14. The molecule has 0 saturated carbocycles. The van der Waals surface area contributed by atoms with Gasteiger partial charge in [-0.3, -0.25) is 0 Å². The number of alkyl halides is 1. The van der Waals surface area contributed by atoms with Gasteiger partial charge in [-0.05, 0) is 41.6 Å². The maximum Gasteiger partial charge on any atom is 0.120 e. The zero-order valence-electron chi connectivity index (χ0n) is 10.7. The SMILES string of the molecule is COc1ccc(C(Br)c2ccc(SC)cc2)c(Br)c1. The lowest BCUT2D eigenvalue weighted by Gasteiger charge is -2.14. The topological polar surface area (TPSA) is 9.23 Å². The third kappa shape index (κ3) is 3.56. The summed E-state index contributed by atoms with van der Waals surface area (Å²) in [4.78, 5) is 1.45. The first-order valence-electron chi connectivity index (χ1n) is 5.77. The monoisotopic (exact) mass is 400 g/mol. The Hall–Kier alpha value is -0.450. The van der Waals surface area contributed by atoms with E-state index in [2.05, 4.69) is 68.4 Å². The summed E-state index contributed by atoms with van der Waals surface area (Å²) in [7, 11) is 1.67. The van der Waals surface area contributed by atoms with Crippen molar-refractivity contribution in [2.75, 3.05) is 13.4 Å². The van der Waals surface area contributed by atoms with Crippen LogP contribution in [0.25, 0.3) is 0 Å². The minimum Gasteiger partial charge on any atom is -0.497 e. The third-order valence-corrected chi connectivity index (χ3v) is 5.34. The molecule has 100 valence electrons. The highest BCUT2D eigenvalue weighted by Crippen LogP contribution is 2.37. The standard InChI is InChI=1S/C15H14Br2OS/c1-18-11-5-8-13(14(16)9-11)15(17)10-3-6-12(19-2)7-4-10/h3-9,15H,1-2H3. The van der Waals surface area contributed by atoms with Crippen molar-refractivity contribution in [3.8, 4) is 5.75 Å². The Kier molecular flexibility index (Phi) is 5.37. The predicted octanol–water partition coefficient (Wildman–Crippen LogP) is 5.66. The van der Waals surface area contributed by atoms with Gasteiger partial charge in [-0.15, -0.1) is 11.8 Å². The molecule has 0 aliphatic rings. The minimum atomic E-state index is 0.170. The van der Waals surface area contributed by atoms with Crippen LogP contribution in [0.15, 0.2) is 51.8 Å². The van der Waals surface area contributed by atoms with Crippen molar-refractivity contribution in [1.29, 1.82) is 0 Å². The molecule has 2 aromatic carbocycles. The smallest absolute Gasteiger partial charge is 0.120 e. The molecule has 4 heteroatoms. The Balaban J connectivity index is 2.29. The predicted molar refractivity (Wildman–Crippen MR) is 89.7 cm³/mol. The van der Waals surface area contributed by atoms with Crippen LogP contribution in [-0.4, -0.2) is 13.4 Å². The molecule has 0 saturated heterocycles. The Bertz CT molecular complexity index is 555. The van der Waals surface area contributed by atoms with Crippen molar-refractivity contribution >= 4 is 43.6 Å². The van der Waals surface area contributed by atoms with Crippen LogP contribution in [0.1, 0.15) is 16.0 Å². The van der Waals surface area contributed by atoms with Gasteiger partial charge in [-0.1, -0.05) is 50.1 Å². The number of methoxy groups -OCH3 is 1. The van der Waals surface area contributed by atoms with Crippen molar-refractivity contribution in [2.45, 2.75) is 9.72 Å². The molecule has 0 aromatic heterocycles. The summed E-state index contributed by atoms with van der Waals surface area (Å²) in [6, 6.07) is 14.6. The maximum atomic E-state index is 5.22. The van der Waals surface area contributed by atoms with Crippen molar-refractivity contribution in [2.24, 2.45) is 0 Å². The Morgan fingerprint density at radius 2 is 1.79 bits per heavy atom. The maximum absolute atomic E-state index is 5.22. The summed E-state index contributed by atoms with van der Waals surface area (Å²) in [6.45, 7) is 0. The van der Waals surface area contributed by atoms with Crippen LogP contribution in [0.5, 0.6) is 5.75 Å². The normalized spacial score (nSPS) is 12.2. The van der Waals surface area contributed by atoms with Crippen molar-refractivity contribution in [1.82, 2.24) is 0 Å². The second-order valence-electron chi connectivity index (χ2n) is 4.02. The van der Waals surface area contributed by atoms with Gasteiger partial charge in [0, 0.05) is 9.37 Å². The van der Waals surface area contributed by atoms with Crippen LogP contribution in [-0.2, 0) is 0 Å². The van der Waals surface area contributed by atoms with Gasteiger partial charge < -0.3 is 4.74 Å². The first-order chi connectivity index (χ1) is 9.15. The average Bonchev–Trinajstić information content (AvgIpc) is 2.46. The van der Waals surface area contributed by atoms with Gasteiger partial charge in [0.2, 0.25) is 0 Å². The van der Waals surface area contributed by atoms with Crippen molar-refractivity contribution in [3.05, 3.63) is 58.1 Å². The Morgan fingerprint density at radius 1 is 1.11 bits per heavy atom. The second-order valence-corrected chi connectivity index (χ2v) is 6.67. The molecule has 0 amide bonds. The van der Waals surface area contributed by atoms with Gasteiger partial charge in [-0.25, -0.2) is 0 Å². The largest absolute Gasteiger partial charge is 0.497 e. The van der Waals surface area contributed by atoms with E-state index in [1.165, 1.54) is 16.0 Å². The van der Waals surface area contributed by atoms with E-state index < -0.39 is 0 Å². The fraction of sp³-hybridized carbons (Fsp3) is 0.200. The molecule has 0 spiro atoms. The molecule has 2 aromatic rings. The molecule has 1 nitrogen and oxygen atoms in total. The van der Waals surface area contributed by atoms with E-state index >= 15 is 0 Å². The third-order valence-electron chi connectivity index (χ3n) is 2.89. The summed E-state index contributed by atoms with van der Waals surface area (Å²) in [5.41, 5.74) is 2.43. The lowest BCUT2D eigenvalue weighted by molar-refractivity contribution is 0.414. The average molecular weight is 402 g/mol. The molecule has 1 atom stereocenters. The van der Waals surface area contributed by atoms with Crippen LogP contribution < -0.4 is 4.74 Å². The lowest BCUT2D eigenvalue weighted by atomic mass is 10.0. The lowest BCUT2D eigenvalue weighted by Crippen LogP contribution is -1.95. The van der Waals surface area contributed by atoms with Gasteiger partial charge in [0.1, 0.15) is 5.75 Å². The first-order valence-corrected chi connectivity index (χ1v) is 8.70. The number of halogens is 2. The quantitative estimate of drug-likeness (QED) is 0.482. The van der Waals surface area contributed by atoms with Gasteiger partial charge in [0.15, 0.2) is 0 Å². The fourth-order valence-electron chi connectivity index (χ4n) is 1.79. The van der Waals surface area contributed by atoms with Crippen molar-refractivity contribution in [3.63, 3.8) is 0 Å². The van der Waals surface area contributed by atoms with Crippen LogP contribution >= 0.6 is 43.6 Å². The second kappa shape index (κ2) is 6.82. The summed E-state index contributed by atoms with van der Waals surface area (Å²) in [6.07, 6.45) is 2.08. The number of thioether (sulfide) groups is 1. The van der Waals surface area contributed by atoms with Gasteiger partial charge in [0.05, 0.1) is 11.9 Å².